The smallest absolute Gasteiger partial charge is 0.410 e. The van der Waals surface area contributed by atoms with E-state index in [2.05, 4.69) is 15.7 Å². The summed E-state index contributed by atoms with van der Waals surface area (Å²) in [6, 6.07) is 0.533. The molecule has 1 amide bonds. The number of likely N-dealkylation sites (tertiary alicyclic amines) is 1. The summed E-state index contributed by atoms with van der Waals surface area (Å²) < 4.78 is 5.42. The first kappa shape index (κ1) is 14.8. The zero-order valence-electron chi connectivity index (χ0n) is 13.0. The number of ether oxygens (including phenoxy) is 1. The summed E-state index contributed by atoms with van der Waals surface area (Å²) in [5.41, 5.74) is 0.704. The Hall–Kier alpha value is -1.14. The van der Waals surface area contributed by atoms with Crippen LogP contribution in [0.15, 0.2) is 5.38 Å². The van der Waals surface area contributed by atoms with Gasteiger partial charge in [0.05, 0.1) is 10.7 Å². The number of thiazole rings is 1. The van der Waals surface area contributed by atoms with Crippen molar-refractivity contribution in [1.82, 2.24) is 15.2 Å². The van der Waals surface area contributed by atoms with Crippen LogP contribution in [0.5, 0.6) is 0 Å². The molecule has 0 radical (unpaired) electrons. The molecule has 21 heavy (non-hydrogen) atoms. The molecule has 1 aromatic rings. The fourth-order valence-corrected chi connectivity index (χ4v) is 3.63. The molecule has 1 saturated carbocycles. The lowest BCUT2D eigenvalue weighted by molar-refractivity contribution is 0.0269. The third-order valence-electron chi connectivity index (χ3n) is 4.03. The number of fused-ring (bicyclic) bond motifs is 1. The minimum atomic E-state index is -0.413. The number of hydrogen-bond donors (Lipinski definition) is 1. The molecule has 2 fully saturated rings. The summed E-state index contributed by atoms with van der Waals surface area (Å²) in [6.45, 7) is 10.2. The lowest BCUT2D eigenvalue weighted by atomic mass is 10.2. The molecule has 3 rings (SSSR count). The van der Waals surface area contributed by atoms with Gasteiger partial charge >= 0.3 is 6.09 Å². The minimum Gasteiger partial charge on any atom is -0.444 e. The number of amides is 1. The minimum absolute atomic E-state index is 0.177. The molecule has 6 heteroatoms. The molecular weight excluding hydrogens is 286 g/mol. The van der Waals surface area contributed by atoms with Crippen LogP contribution in [0.4, 0.5) is 4.79 Å². The van der Waals surface area contributed by atoms with Crippen molar-refractivity contribution in [2.24, 2.45) is 11.8 Å². The zero-order valence-corrected chi connectivity index (χ0v) is 13.9. The lowest BCUT2D eigenvalue weighted by Crippen LogP contribution is -2.39. The van der Waals surface area contributed by atoms with Crippen LogP contribution >= 0.6 is 11.3 Å². The third kappa shape index (κ3) is 3.37. The largest absolute Gasteiger partial charge is 0.444 e. The zero-order chi connectivity index (χ0) is 15.2. The normalized spacial score (nSPS) is 27.6. The maximum absolute atomic E-state index is 12.0. The standard InChI is InChI=1S/C15H23N3O2S/c1-9-17-10(8-21-9)5-16-13-11-6-18(7-12(11)13)14(19)20-15(2,3)4/h8,11-13,16H,5-7H2,1-4H3. The molecule has 2 aliphatic rings. The molecule has 116 valence electrons. The van der Waals surface area contributed by atoms with Crippen LogP contribution in [0.2, 0.25) is 0 Å². The molecule has 1 aromatic heterocycles. The van der Waals surface area contributed by atoms with Gasteiger partial charge in [0.25, 0.3) is 0 Å². The van der Waals surface area contributed by atoms with E-state index in [1.165, 1.54) is 0 Å². The van der Waals surface area contributed by atoms with Gasteiger partial charge in [-0.1, -0.05) is 0 Å². The van der Waals surface area contributed by atoms with Crippen molar-refractivity contribution < 1.29 is 9.53 Å². The molecule has 0 spiro atoms. The van der Waals surface area contributed by atoms with E-state index in [4.69, 9.17) is 4.74 Å². The number of aryl methyl sites for hydroxylation is 1. The quantitative estimate of drug-likeness (QED) is 0.931. The lowest BCUT2D eigenvalue weighted by Gasteiger charge is -2.26. The van der Waals surface area contributed by atoms with Gasteiger partial charge in [-0.05, 0) is 39.5 Å². The Kier molecular flexibility index (Phi) is 3.69. The molecule has 1 aliphatic heterocycles. The molecule has 0 aromatic carbocycles. The first-order valence-electron chi connectivity index (χ1n) is 7.46. The highest BCUT2D eigenvalue weighted by atomic mass is 32.1. The third-order valence-corrected chi connectivity index (χ3v) is 4.85. The summed E-state index contributed by atoms with van der Waals surface area (Å²) in [5, 5.41) is 6.78. The number of carbonyl (C=O) groups is 1. The van der Waals surface area contributed by atoms with Crippen LogP contribution in [0, 0.1) is 18.8 Å². The van der Waals surface area contributed by atoms with Gasteiger partial charge in [0.15, 0.2) is 0 Å². The fourth-order valence-electron chi connectivity index (χ4n) is 3.02. The monoisotopic (exact) mass is 309 g/mol. The van der Waals surface area contributed by atoms with E-state index in [1.807, 2.05) is 32.6 Å². The number of nitrogens with one attached hydrogen (secondary N) is 1. The Morgan fingerprint density at radius 3 is 2.67 bits per heavy atom. The summed E-state index contributed by atoms with van der Waals surface area (Å²) >= 11 is 1.69. The summed E-state index contributed by atoms with van der Waals surface area (Å²) in [6.07, 6.45) is -0.177. The second-order valence-electron chi connectivity index (χ2n) is 6.98. The maximum Gasteiger partial charge on any atom is 0.410 e. The van der Waals surface area contributed by atoms with Gasteiger partial charge in [0.1, 0.15) is 5.60 Å². The second-order valence-corrected chi connectivity index (χ2v) is 8.04. The molecule has 0 bridgehead atoms. The highest BCUT2D eigenvalue weighted by molar-refractivity contribution is 7.09. The van der Waals surface area contributed by atoms with Crippen molar-refractivity contribution in [3.05, 3.63) is 16.1 Å². The fraction of sp³-hybridized carbons (Fsp3) is 0.733. The predicted octanol–water partition coefficient (Wildman–Crippen LogP) is 2.41. The van der Waals surface area contributed by atoms with Gasteiger partial charge in [-0.2, -0.15) is 0 Å². The molecule has 1 N–H and O–H groups in total. The number of carbonyl (C=O) groups excluding carboxylic acids is 1. The van der Waals surface area contributed by atoms with Crippen LogP contribution in [0.1, 0.15) is 31.5 Å². The average Bonchev–Trinajstić information content (AvgIpc) is 2.77. The average molecular weight is 309 g/mol. The Bertz CT molecular complexity index is 525. The van der Waals surface area contributed by atoms with Gasteiger partial charge in [0, 0.05) is 31.1 Å². The van der Waals surface area contributed by atoms with Crippen molar-refractivity contribution in [2.45, 2.75) is 45.9 Å². The van der Waals surface area contributed by atoms with Crippen LogP contribution in [0.25, 0.3) is 0 Å². The van der Waals surface area contributed by atoms with Gasteiger partial charge in [-0.25, -0.2) is 9.78 Å². The molecule has 2 atom stereocenters. The number of piperidine rings is 1. The van der Waals surface area contributed by atoms with Crippen LogP contribution in [-0.4, -0.2) is 40.7 Å². The first-order valence-corrected chi connectivity index (χ1v) is 8.34. The summed E-state index contributed by atoms with van der Waals surface area (Å²) in [5.74, 6) is 1.16. The van der Waals surface area contributed by atoms with Crippen molar-refractivity contribution in [1.29, 1.82) is 0 Å². The number of rotatable bonds is 3. The molecule has 5 nitrogen and oxygen atoms in total. The predicted molar refractivity (Wildman–Crippen MR) is 82.3 cm³/mol. The number of nitrogens with zero attached hydrogens (tertiary/aromatic N) is 2. The number of aromatic nitrogens is 1. The topological polar surface area (TPSA) is 54.5 Å². The molecule has 1 saturated heterocycles. The summed E-state index contributed by atoms with van der Waals surface area (Å²) in [7, 11) is 0. The molecular formula is C15H23N3O2S. The summed E-state index contributed by atoms with van der Waals surface area (Å²) in [4.78, 5) is 18.3. The number of hydrogen-bond acceptors (Lipinski definition) is 5. The van der Waals surface area contributed by atoms with E-state index in [1.54, 1.807) is 11.3 Å². The van der Waals surface area contributed by atoms with Gasteiger partial charge < -0.3 is 15.0 Å². The Morgan fingerprint density at radius 1 is 1.48 bits per heavy atom. The van der Waals surface area contributed by atoms with E-state index >= 15 is 0 Å². The van der Waals surface area contributed by atoms with Crippen LogP contribution in [-0.2, 0) is 11.3 Å². The highest BCUT2D eigenvalue weighted by Crippen LogP contribution is 2.45. The molecule has 1 aliphatic carbocycles. The van der Waals surface area contributed by atoms with Gasteiger partial charge in [-0.3, -0.25) is 0 Å². The molecule has 2 heterocycles. The van der Waals surface area contributed by atoms with Gasteiger partial charge in [0.2, 0.25) is 0 Å². The van der Waals surface area contributed by atoms with Crippen LogP contribution in [0.3, 0.4) is 0 Å². The van der Waals surface area contributed by atoms with E-state index in [0.29, 0.717) is 17.9 Å². The van der Waals surface area contributed by atoms with Crippen molar-refractivity contribution in [3.8, 4) is 0 Å². The van der Waals surface area contributed by atoms with Crippen LogP contribution < -0.4 is 5.32 Å². The van der Waals surface area contributed by atoms with Crippen molar-refractivity contribution >= 4 is 17.4 Å². The Labute approximate surface area is 129 Å². The SMILES string of the molecule is Cc1nc(CNC2C3CN(C(=O)OC(C)(C)C)CC32)cs1. The second kappa shape index (κ2) is 5.25. The Morgan fingerprint density at radius 2 is 2.14 bits per heavy atom. The van der Waals surface area contributed by atoms with E-state index in [-0.39, 0.29) is 6.09 Å². The van der Waals surface area contributed by atoms with E-state index < -0.39 is 5.60 Å². The van der Waals surface area contributed by atoms with Crippen molar-refractivity contribution in [3.63, 3.8) is 0 Å². The maximum atomic E-state index is 12.0. The highest BCUT2D eigenvalue weighted by Gasteiger charge is 2.56. The first-order chi connectivity index (χ1) is 9.83. The molecule has 2 unspecified atom stereocenters. The Balaban J connectivity index is 1.43. The van der Waals surface area contributed by atoms with E-state index in [0.717, 1.165) is 30.3 Å². The van der Waals surface area contributed by atoms with Gasteiger partial charge in [-0.15, -0.1) is 11.3 Å². The van der Waals surface area contributed by atoms with E-state index in [9.17, 15) is 4.79 Å². The van der Waals surface area contributed by atoms with Crippen molar-refractivity contribution in [2.75, 3.05) is 13.1 Å².